The molecule has 0 atom stereocenters. The molecule has 1 N–H and O–H groups in total. The van der Waals surface area contributed by atoms with Crippen LogP contribution in [0, 0.1) is 0 Å². The lowest BCUT2D eigenvalue weighted by Gasteiger charge is -2.26. The van der Waals surface area contributed by atoms with E-state index >= 15 is 0 Å². The highest BCUT2D eigenvalue weighted by Crippen LogP contribution is 2.20. The van der Waals surface area contributed by atoms with Crippen molar-refractivity contribution in [3.05, 3.63) is 29.8 Å². The van der Waals surface area contributed by atoms with Gasteiger partial charge in [0.2, 0.25) is 0 Å². The van der Waals surface area contributed by atoms with E-state index in [9.17, 15) is 0 Å². The summed E-state index contributed by atoms with van der Waals surface area (Å²) in [4.78, 5) is 4.71. The molecule has 1 rings (SSSR count). The Bertz CT molecular complexity index is 336. The third-order valence-corrected chi connectivity index (χ3v) is 3.11. The summed E-state index contributed by atoms with van der Waals surface area (Å²) in [6, 6.07) is 8.68. The number of anilines is 1. The van der Waals surface area contributed by atoms with E-state index in [4.69, 9.17) is 0 Å². The van der Waals surface area contributed by atoms with Crippen LogP contribution in [-0.2, 0) is 6.54 Å². The lowest BCUT2D eigenvalue weighted by Crippen LogP contribution is -2.28. The molecular formula is C15H27N3. The van der Waals surface area contributed by atoms with Gasteiger partial charge in [-0.05, 0) is 52.7 Å². The molecule has 18 heavy (non-hydrogen) atoms. The monoisotopic (exact) mass is 249 g/mol. The SMILES string of the molecule is CCN(CCCN(C)C)c1ccccc1CNC. The highest BCUT2D eigenvalue weighted by Gasteiger charge is 2.08. The molecule has 0 radical (unpaired) electrons. The van der Waals surface area contributed by atoms with Gasteiger partial charge in [0.05, 0.1) is 0 Å². The van der Waals surface area contributed by atoms with Crippen LogP contribution in [0.4, 0.5) is 5.69 Å². The molecule has 0 aliphatic rings. The summed E-state index contributed by atoms with van der Waals surface area (Å²) >= 11 is 0. The smallest absolute Gasteiger partial charge is 0.0411 e. The van der Waals surface area contributed by atoms with Gasteiger partial charge >= 0.3 is 0 Å². The third kappa shape index (κ3) is 4.67. The van der Waals surface area contributed by atoms with Crippen molar-refractivity contribution in [2.24, 2.45) is 0 Å². The van der Waals surface area contributed by atoms with E-state index in [1.165, 1.54) is 17.7 Å². The van der Waals surface area contributed by atoms with Crippen LogP contribution < -0.4 is 10.2 Å². The molecule has 3 heteroatoms. The van der Waals surface area contributed by atoms with Gasteiger partial charge in [-0.3, -0.25) is 0 Å². The van der Waals surface area contributed by atoms with E-state index in [0.29, 0.717) is 0 Å². The minimum absolute atomic E-state index is 0.931. The quantitative estimate of drug-likeness (QED) is 0.762. The van der Waals surface area contributed by atoms with Gasteiger partial charge in [-0.2, -0.15) is 0 Å². The Morgan fingerprint density at radius 2 is 1.83 bits per heavy atom. The van der Waals surface area contributed by atoms with E-state index in [-0.39, 0.29) is 0 Å². The minimum Gasteiger partial charge on any atom is -0.372 e. The number of benzene rings is 1. The number of para-hydroxylation sites is 1. The summed E-state index contributed by atoms with van der Waals surface area (Å²) < 4.78 is 0. The molecule has 3 nitrogen and oxygen atoms in total. The van der Waals surface area contributed by atoms with Crippen molar-refractivity contribution < 1.29 is 0 Å². The highest BCUT2D eigenvalue weighted by molar-refractivity contribution is 5.53. The van der Waals surface area contributed by atoms with Crippen LogP contribution in [0.1, 0.15) is 18.9 Å². The maximum atomic E-state index is 3.24. The van der Waals surface area contributed by atoms with Crippen molar-refractivity contribution in [1.82, 2.24) is 10.2 Å². The molecule has 0 aromatic heterocycles. The first-order valence-electron chi connectivity index (χ1n) is 6.81. The molecule has 102 valence electrons. The zero-order valence-electron chi connectivity index (χ0n) is 12.2. The minimum atomic E-state index is 0.931. The topological polar surface area (TPSA) is 18.5 Å². The predicted molar refractivity (Wildman–Crippen MR) is 80.3 cm³/mol. The first-order chi connectivity index (χ1) is 8.69. The maximum Gasteiger partial charge on any atom is 0.0411 e. The number of hydrogen-bond acceptors (Lipinski definition) is 3. The van der Waals surface area contributed by atoms with Crippen LogP contribution in [0.25, 0.3) is 0 Å². The molecule has 0 saturated carbocycles. The molecule has 0 aliphatic carbocycles. The lowest BCUT2D eigenvalue weighted by molar-refractivity contribution is 0.400. The average molecular weight is 249 g/mol. The normalized spacial score (nSPS) is 10.9. The highest BCUT2D eigenvalue weighted by atomic mass is 15.1. The Balaban J connectivity index is 2.68. The van der Waals surface area contributed by atoms with Crippen molar-refractivity contribution >= 4 is 5.69 Å². The van der Waals surface area contributed by atoms with Crippen molar-refractivity contribution in [2.45, 2.75) is 19.9 Å². The van der Waals surface area contributed by atoms with Crippen LogP contribution in [0.3, 0.4) is 0 Å². The van der Waals surface area contributed by atoms with Crippen molar-refractivity contribution in [3.63, 3.8) is 0 Å². The molecule has 0 spiro atoms. The number of hydrogen-bond donors (Lipinski definition) is 1. The van der Waals surface area contributed by atoms with Gasteiger partial charge in [0.15, 0.2) is 0 Å². The first-order valence-corrected chi connectivity index (χ1v) is 6.81. The lowest BCUT2D eigenvalue weighted by atomic mass is 10.1. The molecule has 1 aromatic rings. The zero-order valence-corrected chi connectivity index (χ0v) is 12.2. The van der Waals surface area contributed by atoms with Gasteiger partial charge in [0, 0.05) is 25.3 Å². The molecule has 0 amide bonds. The van der Waals surface area contributed by atoms with Gasteiger partial charge in [-0.15, -0.1) is 0 Å². The largest absolute Gasteiger partial charge is 0.372 e. The second kappa shape index (κ2) is 8.11. The summed E-state index contributed by atoms with van der Waals surface area (Å²) in [6.07, 6.45) is 1.20. The maximum absolute atomic E-state index is 3.24. The summed E-state index contributed by atoms with van der Waals surface area (Å²) in [6.45, 7) is 6.49. The molecule has 0 fully saturated rings. The van der Waals surface area contributed by atoms with E-state index in [2.05, 4.69) is 60.4 Å². The molecular weight excluding hydrogens is 222 g/mol. The van der Waals surface area contributed by atoms with E-state index in [1.54, 1.807) is 0 Å². The fourth-order valence-electron chi connectivity index (χ4n) is 2.19. The van der Waals surface area contributed by atoms with Gasteiger partial charge in [-0.1, -0.05) is 18.2 Å². The van der Waals surface area contributed by atoms with Gasteiger partial charge < -0.3 is 15.1 Å². The average Bonchev–Trinajstić information content (AvgIpc) is 2.36. The third-order valence-electron chi connectivity index (χ3n) is 3.11. The summed E-state index contributed by atoms with van der Waals surface area (Å²) in [5, 5.41) is 3.24. The Hall–Kier alpha value is -1.06. The molecule has 0 bridgehead atoms. The fourth-order valence-corrected chi connectivity index (χ4v) is 2.19. The van der Waals surface area contributed by atoms with Crippen LogP contribution in [0.15, 0.2) is 24.3 Å². The van der Waals surface area contributed by atoms with Crippen molar-refractivity contribution in [2.75, 3.05) is 45.7 Å². The number of nitrogens with zero attached hydrogens (tertiary/aromatic N) is 2. The molecule has 0 unspecified atom stereocenters. The van der Waals surface area contributed by atoms with E-state index in [1.807, 2.05) is 7.05 Å². The van der Waals surface area contributed by atoms with Gasteiger partial charge in [-0.25, -0.2) is 0 Å². The second-order valence-electron chi connectivity index (χ2n) is 4.90. The van der Waals surface area contributed by atoms with Crippen LogP contribution in [0.2, 0.25) is 0 Å². The van der Waals surface area contributed by atoms with Crippen molar-refractivity contribution in [1.29, 1.82) is 0 Å². The Labute approximate surface area is 112 Å². The summed E-state index contributed by atoms with van der Waals surface area (Å²) in [5.41, 5.74) is 2.75. The van der Waals surface area contributed by atoms with Crippen LogP contribution in [-0.4, -0.2) is 45.7 Å². The molecule has 0 saturated heterocycles. The van der Waals surface area contributed by atoms with Crippen molar-refractivity contribution in [3.8, 4) is 0 Å². The van der Waals surface area contributed by atoms with Gasteiger partial charge in [0.25, 0.3) is 0 Å². The second-order valence-corrected chi connectivity index (χ2v) is 4.90. The van der Waals surface area contributed by atoms with Crippen LogP contribution >= 0.6 is 0 Å². The Kier molecular flexibility index (Phi) is 6.76. The molecule has 0 heterocycles. The van der Waals surface area contributed by atoms with E-state index < -0.39 is 0 Å². The summed E-state index contributed by atoms with van der Waals surface area (Å²) in [5.74, 6) is 0. The Morgan fingerprint density at radius 1 is 1.11 bits per heavy atom. The zero-order chi connectivity index (χ0) is 13.4. The molecule has 0 aliphatic heterocycles. The number of nitrogens with one attached hydrogen (secondary N) is 1. The van der Waals surface area contributed by atoms with Crippen LogP contribution in [0.5, 0.6) is 0 Å². The van der Waals surface area contributed by atoms with E-state index in [0.717, 1.165) is 26.2 Å². The summed E-state index contributed by atoms with van der Waals surface area (Å²) in [7, 11) is 6.26. The fraction of sp³-hybridized carbons (Fsp3) is 0.600. The predicted octanol–water partition coefficient (Wildman–Crippen LogP) is 2.18. The number of rotatable bonds is 8. The first kappa shape index (κ1) is 15.0. The van der Waals surface area contributed by atoms with Gasteiger partial charge in [0.1, 0.15) is 0 Å². The Morgan fingerprint density at radius 3 is 2.44 bits per heavy atom. The molecule has 1 aromatic carbocycles. The standard InChI is InChI=1S/C15H27N3/c1-5-18(12-8-11-17(3)4)15-10-7-6-9-14(15)13-16-2/h6-7,9-10,16H,5,8,11-13H2,1-4H3.